The van der Waals surface area contributed by atoms with E-state index >= 15 is 0 Å². The number of hydrogen-bond donors (Lipinski definition) is 1. The van der Waals surface area contributed by atoms with E-state index in [1.54, 1.807) is 27.7 Å². The molecule has 0 atom stereocenters. The number of anilines is 1. The van der Waals surface area contributed by atoms with Crippen LogP contribution in [0.2, 0.25) is 5.02 Å². The van der Waals surface area contributed by atoms with Crippen molar-refractivity contribution in [3.05, 3.63) is 10.6 Å². The monoisotopic (exact) mass is 300 g/mol. The van der Waals surface area contributed by atoms with Crippen LogP contribution in [0.15, 0.2) is 0 Å². The highest BCUT2D eigenvalue weighted by Gasteiger charge is 2.24. The highest BCUT2D eigenvalue weighted by atomic mass is 35.5. The molecule has 7 heteroatoms. The van der Waals surface area contributed by atoms with E-state index in [9.17, 15) is 4.79 Å². The van der Waals surface area contributed by atoms with Gasteiger partial charge in [-0.1, -0.05) is 11.6 Å². The lowest BCUT2D eigenvalue weighted by Gasteiger charge is -2.22. The Hall–Kier alpha value is -1.69. The van der Waals surface area contributed by atoms with E-state index in [-0.39, 0.29) is 5.88 Å². The number of carbonyl (C=O) groups excluding carboxylic acids is 1. The van der Waals surface area contributed by atoms with E-state index in [2.05, 4.69) is 10.3 Å². The Morgan fingerprint density at radius 2 is 2.00 bits per heavy atom. The van der Waals surface area contributed by atoms with Gasteiger partial charge in [0.15, 0.2) is 0 Å². The van der Waals surface area contributed by atoms with Gasteiger partial charge in [-0.25, -0.2) is 4.79 Å². The first-order chi connectivity index (χ1) is 9.28. The molecule has 1 aromatic rings. The number of fused-ring (bicyclic) bond motifs is 1. The van der Waals surface area contributed by atoms with Gasteiger partial charge in [-0.15, -0.1) is 0 Å². The van der Waals surface area contributed by atoms with Gasteiger partial charge in [0, 0.05) is 5.56 Å². The van der Waals surface area contributed by atoms with Crippen molar-refractivity contribution in [3.8, 4) is 11.6 Å². The molecule has 0 saturated heterocycles. The number of aromatic nitrogens is 1. The first kappa shape index (κ1) is 14.7. The minimum atomic E-state index is -0.596. The zero-order valence-corrected chi connectivity index (χ0v) is 12.6. The summed E-state index contributed by atoms with van der Waals surface area (Å²) in [4.78, 5) is 16.0. The standard InChI is InChI=1S/C13H17ClN2O4/c1-7-8(14)9-11(19-6-5-18-9)15-10(7)16-12(17)20-13(2,3)4/h5-6H2,1-4H3,(H,15,16,17). The van der Waals surface area contributed by atoms with Gasteiger partial charge in [-0.2, -0.15) is 4.98 Å². The molecule has 0 aromatic carbocycles. The van der Waals surface area contributed by atoms with Crippen molar-refractivity contribution in [1.82, 2.24) is 4.98 Å². The molecule has 1 amide bonds. The lowest BCUT2D eigenvalue weighted by Crippen LogP contribution is -2.28. The molecular formula is C13H17ClN2O4. The first-order valence-electron chi connectivity index (χ1n) is 6.23. The Morgan fingerprint density at radius 3 is 2.65 bits per heavy atom. The van der Waals surface area contributed by atoms with Crippen LogP contribution in [0.1, 0.15) is 26.3 Å². The predicted octanol–water partition coefficient (Wildman–Crippen LogP) is 3.16. The summed E-state index contributed by atoms with van der Waals surface area (Å²) in [5.74, 6) is 0.983. The van der Waals surface area contributed by atoms with Crippen LogP contribution < -0.4 is 14.8 Å². The van der Waals surface area contributed by atoms with E-state index in [0.717, 1.165) is 0 Å². The Bertz CT molecular complexity index is 540. The van der Waals surface area contributed by atoms with E-state index in [0.29, 0.717) is 35.4 Å². The van der Waals surface area contributed by atoms with E-state index in [1.807, 2.05) is 0 Å². The number of ether oxygens (including phenoxy) is 3. The summed E-state index contributed by atoms with van der Waals surface area (Å²) in [7, 11) is 0. The van der Waals surface area contributed by atoms with Gasteiger partial charge < -0.3 is 14.2 Å². The van der Waals surface area contributed by atoms with Crippen molar-refractivity contribution in [3.63, 3.8) is 0 Å². The lowest BCUT2D eigenvalue weighted by atomic mass is 10.2. The quantitative estimate of drug-likeness (QED) is 0.862. The van der Waals surface area contributed by atoms with E-state index < -0.39 is 11.7 Å². The van der Waals surface area contributed by atoms with Gasteiger partial charge in [0.2, 0.25) is 5.75 Å². The zero-order valence-electron chi connectivity index (χ0n) is 11.9. The number of halogens is 1. The van der Waals surface area contributed by atoms with Crippen LogP contribution in [0, 0.1) is 6.92 Å². The number of rotatable bonds is 1. The minimum absolute atomic E-state index is 0.276. The maximum absolute atomic E-state index is 11.8. The van der Waals surface area contributed by atoms with Crippen molar-refractivity contribution in [2.24, 2.45) is 0 Å². The second kappa shape index (κ2) is 5.36. The smallest absolute Gasteiger partial charge is 0.413 e. The minimum Gasteiger partial charge on any atom is -0.483 e. The Morgan fingerprint density at radius 1 is 1.35 bits per heavy atom. The number of hydrogen-bond acceptors (Lipinski definition) is 5. The number of amides is 1. The van der Waals surface area contributed by atoms with Crippen LogP contribution in [-0.2, 0) is 4.74 Å². The zero-order chi connectivity index (χ0) is 14.9. The summed E-state index contributed by atoms with van der Waals surface area (Å²) in [6, 6.07) is 0. The number of nitrogens with zero attached hydrogens (tertiary/aromatic N) is 1. The van der Waals surface area contributed by atoms with Gasteiger partial charge in [-0.3, -0.25) is 5.32 Å². The molecule has 1 aromatic heterocycles. The van der Waals surface area contributed by atoms with Gasteiger partial charge in [-0.05, 0) is 27.7 Å². The molecule has 2 rings (SSSR count). The Labute approximate surface area is 122 Å². The van der Waals surface area contributed by atoms with Crippen molar-refractivity contribution in [1.29, 1.82) is 0 Å². The third kappa shape index (κ3) is 3.25. The predicted molar refractivity (Wildman–Crippen MR) is 74.8 cm³/mol. The molecule has 2 heterocycles. The van der Waals surface area contributed by atoms with Gasteiger partial charge in [0.1, 0.15) is 24.6 Å². The summed E-state index contributed by atoms with van der Waals surface area (Å²) in [5.41, 5.74) is 0.0112. The van der Waals surface area contributed by atoms with Crippen LogP contribution in [0.3, 0.4) is 0 Å². The molecule has 6 nitrogen and oxygen atoms in total. The van der Waals surface area contributed by atoms with Crippen LogP contribution in [0.25, 0.3) is 0 Å². The molecule has 0 spiro atoms. The summed E-state index contributed by atoms with van der Waals surface area (Å²) in [5, 5.41) is 2.94. The summed E-state index contributed by atoms with van der Waals surface area (Å²) >= 11 is 6.20. The largest absolute Gasteiger partial charge is 0.483 e. The van der Waals surface area contributed by atoms with Crippen LogP contribution >= 0.6 is 11.6 Å². The highest BCUT2D eigenvalue weighted by Crippen LogP contribution is 2.40. The fourth-order valence-electron chi connectivity index (χ4n) is 1.63. The average Bonchev–Trinajstić information content (AvgIpc) is 2.33. The first-order valence-corrected chi connectivity index (χ1v) is 6.61. The number of nitrogens with one attached hydrogen (secondary N) is 1. The number of pyridine rings is 1. The Balaban J connectivity index is 2.24. The van der Waals surface area contributed by atoms with Crippen LogP contribution in [0.4, 0.5) is 10.6 Å². The fraction of sp³-hybridized carbons (Fsp3) is 0.538. The third-order valence-electron chi connectivity index (χ3n) is 2.48. The van der Waals surface area contributed by atoms with Gasteiger partial charge in [0.25, 0.3) is 5.88 Å². The van der Waals surface area contributed by atoms with Gasteiger partial charge in [0.05, 0.1) is 5.02 Å². The molecule has 0 fully saturated rings. The van der Waals surface area contributed by atoms with Crippen molar-refractivity contribution in [2.45, 2.75) is 33.3 Å². The third-order valence-corrected chi connectivity index (χ3v) is 2.93. The molecule has 0 saturated carbocycles. The molecule has 0 aliphatic carbocycles. The van der Waals surface area contributed by atoms with E-state index in [4.69, 9.17) is 25.8 Å². The summed E-state index contributed by atoms with van der Waals surface area (Å²) < 4.78 is 16.0. The van der Waals surface area contributed by atoms with Crippen molar-refractivity contribution in [2.75, 3.05) is 18.5 Å². The fourth-order valence-corrected chi connectivity index (χ4v) is 1.86. The highest BCUT2D eigenvalue weighted by molar-refractivity contribution is 6.33. The van der Waals surface area contributed by atoms with Crippen molar-refractivity contribution >= 4 is 23.5 Å². The van der Waals surface area contributed by atoms with Crippen LogP contribution in [-0.4, -0.2) is 29.9 Å². The molecular weight excluding hydrogens is 284 g/mol. The maximum atomic E-state index is 11.8. The summed E-state index contributed by atoms with van der Waals surface area (Å²) in [6.45, 7) is 7.90. The maximum Gasteiger partial charge on any atom is 0.413 e. The molecule has 0 unspecified atom stereocenters. The van der Waals surface area contributed by atoms with E-state index in [1.165, 1.54) is 0 Å². The molecule has 20 heavy (non-hydrogen) atoms. The molecule has 1 N–H and O–H groups in total. The van der Waals surface area contributed by atoms with Gasteiger partial charge >= 0.3 is 6.09 Å². The molecule has 1 aliphatic heterocycles. The molecule has 1 aliphatic rings. The second-order valence-corrected chi connectivity index (χ2v) is 5.74. The lowest BCUT2D eigenvalue weighted by molar-refractivity contribution is 0.0635. The second-order valence-electron chi connectivity index (χ2n) is 5.36. The van der Waals surface area contributed by atoms with Crippen molar-refractivity contribution < 1.29 is 19.0 Å². The average molecular weight is 301 g/mol. The molecule has 0 radical (unpaired) electrons. The number of carbonyl (C=O) groups is 1. The molecule has 0 bridgehead atoms. The molecule has 110 valence electrons. The van der Waals surface area contributed by atoms with Crippen LogP contribution in [0.5, 0.6) is 11.6 Å². The topological polar surface area (TPSA) is 69.7 Å². The SMILES string of the molecule is Cc1c(NC(=O)OC(C)(C)C)nc2c(c1Cl)OCCO2. The summed E-state index contributed by atoms with van der Waals surface area (Å²) in [6.07, 6.45) is -0.596. The normalized spacial score (nSPS) is 13.8. The Kier molecular flexibility index (Phi) is 3.94.